The number of carbonyl (C=O) groups is 2. The number of amidine groups is 2. The van der Waals surface area contributed by atoms with Gasteiger partial charge >= 0.3 is 10.3 Å². The number of hydrogen-bond acceptors (Lipinski definition) is 12. The largest absolute Gasteiger partial charge is 0.549 e. The van der Waals surface area contributed by atoms with E-state index < -0.39 is 47.2 Å². The zero-order chi connectivity index (χ0) is 22.9. The van der Waals surface area contributed by atoms with Crippen molar-refractivity contribution >= 4 is 65.5 Å². The summed E-state index contributed by atoms with van der Waals surface area (Å²) in [4.78, 5) is 26.3. The van der Waals surface area contributed by atoms with Crippen LogP contribution in [0.2, 0.25) is 0 Å². The maximum absolute atomic E-state index is 11.5. The van der Waals surface area contributed by atoms with E-state index in [1.54, 1.807) is 23.5 Å². The number of nitrogens with one attached hydrogen (secondary N) is 2. The summed E-state index contributed by atoms with van der Waals surface area (Å²) in [5.41, 5.74) is 10.6. The third-order valence-corrected chi connectivity index (χ3v) is 10.9. The van der Waals surface area contributed by atoms with Gasteiger partial charge in [0, 0.05) is 11.5 Å². The lowest BCUT2D eigenvalue weighted by molar-refractivity contribution is -0.445. The average Bonchev–Trinajstić information content (AvgIpc) is 3.19. The van der Waals surface area contributed by atoms with Gasteiger partial charge in [-0.25, -0.2) is 16.8 Å². The van der Waals surface area contributed by atoms with Gasteiger partial charge in [-0.3, -0.25) is 21.5 Å². The van der Waals surface area contributed by atoms with Crippen LogP contribution in [-0.4, -0.2) is 79.3 Å². The van der Waals surface area contributed by atoms with Crippen molar-refractivity contribution in [2.24, 2.45) is 11.5 Å². The first-order valence-electron chi connectivity index (χ1n) is 7.95. The smallest absolute Gasteiger partial charge is 0.302 e. The first-order chi connectivity index (χ1) is 13.1. The molecule has 29 heavy (non-hydrogen) atoms. The molecule has 2 heterocycles. The van der Waals surface area contributed by atoms with Crippen LogP contribution >= 0.6 is 23.5 Å². The van der Waals surface area contributed by atoms with Gasteiger partial charge < -0.3 is 19.8 Å². The standard InChI is InChI=1S/C7H12O8S2.2C3H6N2S/c1-7(2,16(12,13)3-5(8)9)17(14,15)4-6(10)11;2*4-3-5-1-2-6-3/h3-4H2,1-2H3,(H,8,9)(H,10,11);2*1-2H2,(H2,4,5). The first-order valence-corrected chi connectivity index (χ1v) is 13.2. The summed E-state index contributed by atoms with van der Waals surface area (Å²) in [7, 11) is -9.21. The number of carbonyl (C=O) groups excluding carboxylic acids is 2. The number of carboxylic acids is 2. The van der Waals surface area contributed by atoms with E-state index in [0.29, 0.717) is 13.8 Å². The topological polar surface area (TPSA) is 229 Å². The first kappa shape index (κ1) is 27.5. The van der Waals surface area contributed by atoms with Gasteiger partial charge in [-0.15, -0.1) is 0 Å². The molecular weight excluding hydrogens is 468 g/mol. The minimum Gasteiger partial charge on any atom is -0.549 e. The van der Waals surface area contributed by atoms with Crippen molar-refractivity contribution in [1.82, 2.24) is 0 Å². The van der Waals surface area contributed by atoms with Crippen LogP contribution in [0.25, 0.3) is 0 Å². The zero-order valence-corrected chi connectivity index (χ0v) is 19.1. The van der Waals surface area contributed by atoms with Gasteiger partial charge in [0.25, 0.3) is 0 Å². The maximum atomic E-state index is 11.5. The van der Waals surface area contributed by atoms with Crippen LogP contribution in [0.5, 0.6) is 0 Å². The van der Waals surface area contributed by atoms with E-state index in [4.69, 9.17) is 11.5 Å². The van der Waals surface area contributed by atoms with E-state index in [1.165, 1.54) is 0 Å². The highest BCUT2D eigenvalue weighted by molar-refractivity contribution is 8.14. The molecule has 0 aromatic rings. The van der Waals surface area contributed by atoms with Crippen molar-refractivity contribution in [2.75, 3.05) is 36.1 Å². The van der Waals surface area contributed by atoms with Gasteiger partial charge in [0.05, 0.1) is 36.5 Å². The van der Waals surface area contributed by atoms with E-state index >= 15 is 0 Å². The maximum Gasteiger partial charge on any atom is 0.302 e. The molecule has 0 aromatic carbocycles. The van der Waals surface area contributed by atoms with Crippen LogP contribution in [0.4, 0.5) is 0 Å². The second-order valence-electron chi connectivity index (χ2n) is 5.94. The SMILES string of the molecule is CC(C)(S(=O)(=O)CC(=O)[O-])S(=O)(=O)CC(=O)[O-].NC1=[NH+]CCS1.NC1=[NH+]CCS1. The lowest BCUT2D eigenvalue weighted by Crippen LogP contribution is -2.71. The predicted octanol–water partition coefficient (Wildman–Crippen LogP) is -7.69. The Morgan fingerprint density at radius 2 is 1.21 bits per heavy atom. The second-order valence-corrected chi connectivity index (χ2v) is 13.6. The molecule has 0 unspecified atom stereocenters. The van der Waals surface area contributed by atoms with Crippen molar-refractivity contribution in [2.45, 2.75) is 17.9 Å². The molecule has 0 radical (unpaired) electrons. The van der Waals surface area contributed by atoms with Crippen LogP contribution in [0.3, 0.4) is 0 Å². The van der Waals surface area contributed by atoms with E-state index in [9.17, 15) is 36.6 Å². The Morgan fingerprint density at radius 1 is 0.897 bits per heavy atom. The molecule has 0 aliphatic carbocycles. The summed E-state index contributed by atoms with van der Waals surface area (Å²) in [5, 5.41) is 22.1. The fraction of sp³-hybridized carbons (Fsp3) is 0.692. The van der Waals surface area contributed by atoms with Crippen molar-refractivity contribution in [3.63, 3.8) is 0 Å². The van der Waals surface area contributed by atoms with Crippen LogP contribution in [0.15, 0.2) is 0 Å². The quantitative estimate of drug-likeness (QED) is 0.271. The molecule has 0 atom stereocenters. The van der Waals surface area contributed by atoms with Crippen LogP contribution in [-0.2, 0) is 29.3 Å². The number of nitrogens with two attached hydrogens (primary N) is 2. The number of aliphatic carboxylic acids is 2. The van der Waals surface area contributed by atoms with Crippen molar-refractivity contribution in [3.05, 3.63) is 0 Å². The molecule has 0 saturated carbocycles. The van der Waals surface area contributed by atoms with E-state index in [-0.39, 0.29) is 0 Å². The monoisotopic (exact) mass is 492 g/mol. The Balaban J connectivity index is 0.000000519. The van der Waals surface area contributed by atoms with E-state index in [2.05, 4.69) is 9.98 Å². The molecule has 0 aromatic heterocycles. The van der Waals surface area contributed by atoms with Gasteiger partial charge in [-0.2, -0.15) is 0 Å². The number of sulfone groups is 2. The Kier molecular flexibility index (Phi) is 11.0. The highest BCUT2D eigenvalue weighted by atomic mass is 32.3. The Labute approximate surface area is 177 Å². The lowest BCUT2D eigenvalue weighted by Gasteiger charge is -2.25. The minimum absolute atomic E-state index is 0.712. The summed E-state index contributed by atoms with van der Waals surface area (Å²) >= 11 is 3.36. The molecule has 0 fully saturated rings. The highest BCUT2D eigenvalue weighted by Crippen LogP contribution is 2.25. The predicted molar refractivity (Wildman–Crippen MR) is 107 cm³/mol. The number of hydrogen-bond donors (Lipinski definition) is 4. The molecule has 2 aliphatic heterocycles. The molecule has 0 saturated heterocycles. The Hall–Kier alpha value is -1.52. The van der Waals surface area contributed by atoms with Gasteiger partial charge in [-0.05, 0) is 37.4 Å². The number of thioether (sulfide) groups is 2. The molecule has 6 N–H and O–H groups in total. The molecule has 2 aliphatic rings. The summed E-state index contributed by atoms with van der Waals surface area (Å²) in [6.45, 7) is 3.50. The fourth-order valence-corrected chi connectivity index (χ4v) is 6.10. The van der Waals surface area contributed by atoms with Crippen molar-refractivity contribution in [1.29, 1.82) is 0 Å². The summed E-state index contributed by atoms with van der Waals surface area (Å²) in [6, 6.07) is 0. The van der Waals surface area contributed by atoms with Crippen LogP contribution in [0.1, 0.15) is 13.8 Å². The average molecular weight is 493 g/mol. The molecule has 0 amide bonds. The lowest BCUT2D eigenvalue weighted by atomic mass is 10.5. The van der Waals surface area contributed by atoms with Crippen molar-refractivity contribution < 1.29 is 46.6 Å². The normalized spacial score (nSPS) is 16.5. The van der Waals surface area contributed by atoms with Crippen LogP contribution in [0, 0.1) is 0 Å². The van der Waals surface area contributed by atoms with E-state index in [1.807, 2.05) is 0 Å². The van der Waals surface area contributed by atoms with Crippen LogP contribution < -0.4 is 31.7 Å². The minimum atomic E-state index is -4.60. The Bertz CT molecular complexity index is 795. The van der Waals surface area contributed by atoms with Gasteiger partial charge in [-0.1, -0.05) is 0 Å². The highest BCUT2D eigenvalue weighted by Gasteiger charge is 2.46. The Morgan fingerprint density at radius 3 is 1.34 bits per heavy atom. The molecule has 168 valence electrons. The molecule has 2 rings (SSSR count). The molecule has 16 heteroatoms. The molecule has 0 bridgehead atoms. The van der Waals surface area contributed by atoms with Gasteiger partial charge in [0.2, 0.25) is 0 Å². The zero-order valence-electron chi connectivity index (χ0n) is 15.8. The molecular formula is C13H24N4O8S4. The second kappa shape index (κ2) is 11.6. The molecule has 12 nitrogen and oxygen atoms in total. The fourth-order valence-electron chi connectivity index (χ4n) is 1.62. The molecule has 0 spiro atoms. The summed E-state index contributed by atoms with van der Waals surface area (Å²) < 4.78 is 43.4. The third-order valence-electron chi connectivity index (χ3n) is 3.43. The third kappa shape index (κ3) is 9.68. The van der Waals surface area contributed by atoms with E-state index in [0.717, 1.165) is 34.9 Å². The van der Waals surface area contributed by atoms with Gasteiger partial charge in [0.1, 0.15) is 0 Å². The summed E-state index contributed by atoms with van der Waals surface area (Å²) in [6.07, 6.45) is 0. The number of carboxylic acid groups (broad SMARTS) is 2. The van der Waals surface area contributed by atoms with Crippen molar-refractivity contribution in [3.8, 4) is 0 Å². The van der Waals surface area contributed by atoms with Gasteiger partial charge in [0.15, 0.2) is 23.8 Å². The summed E-state index contributed by atoms with van der Waals surface area (Å²) in [5.74, 6) is -4.69. The number of rotatable bonds is 6.